The first-order chi connectivity index (χ1) is 11.8. The number of alkyl halides is 3. The van der Waals surface area contributed by atoms with Crippen LogP contribution in [0.5, 0.6) is 0 Å². The van der Waals surface area contributed by atoms with Gasteiger partial charge in [0.25, 0.3) is 0 Å². The van der Waals surface area contributed by atoms with E-state index in [2.05, 4.69) is 15.2 Å². The zero-order valence-corrected chi connectivity index (χ0v) is 14.6. The summed E-state index contributed by atoms with van der Waals surface area (Å²) in [6.45, 7) is 1.90. The minimum atomic E-state index is -4.40. The number of nitrogens with one attached hydrogen (secondary N) is 1. The highest BCUT2D eigenvalue weighted by molar-refractivity contribution is 7.13. The van der Waals surface area contributed by atoms with E-state index in [0.717, 1.165) is 23.0 Å². The number of hydrogen-bond donors (Lipinski definition) is 2. The molecule has 2 aromatic rings. The third-order valence-electron chi connectivity index (χ3n) is 4.56. The average molecular weight is 371 g/mol. The van der Waals surface area contributed by atoms with Gasteiger partial charge >= 0.3 is 6.18 Å². The lowest BCUT2D eigenvalue weighted by molar-refractivity contribution is -0.137. The van der Waals surface area contributed by atoms with Gasteiger partial charge < -0.3 is 10.4 Å². The van der Waals surface area contributed by atoms with Gasteiger partial charge in [-0.3, -0.25) is 4.90 Å². The van der Waals surface area contributed by atoms with E-state index in [1.165, 1.54) is 17.4 Å². The molecule has 0 amide bonds. The summed E-state index contributed by atoms with van der Waals surface area (Å²) >= 11 is 1.53. The molecular formula is C17H20F3N3OS. The fourth-order valence-corrected chi connectivity index (χ4v) is 3.74. The minimum absolute atomic E-state index is 0.341. The van der Waals surface area contributed by atoms with Gasteiger partial charge in [-0.15, -0.1) is 11.3 Å². The van der Waals surface area contributed by atoms with Crippen LogP contribution in [0.2, 0.25) is 0 Å². The van der Waals surface area contributed by atoms with Gasteiger partial charge in [-0.2, -0.15) is 13.2 Å². The van der Waals surface area contributed by atoms with E-state index in [1.54, 1.807) is 6.07 Å². The molecule has 3 rings (SSSR count). The van der Waals surface area contributed by atoms with Crippen molar-refractivity contribution in [3.8, 4) is 0 Å². The maximum Gasteiger partial charge on any atom is 0.416 e. The first kappa shape index (κ1) is 18.2. The monoisotopic (exact) mass is 371 g/mol. The van der Waals surface area contributed by atoms with Crippen LogP contribution in [0.4, 0.5) is 18.3 Å². The number of thiazole rings is 1. The smallest absolute Gasteiger partial charge is 0.385 e. The Balaban J connectivity index is 1.66. The van der Waals surface area contributed by atoms with E-state index in [1.807, 2.05) is 12.4 Å². The van der Waals surface area contributed by atoms with Crippen LogP contribution < -0.4 is 5.32 Å². The maximum absolute atomic E-state index is 12.9. The second-order valence-electron chi connectivity index (χ2n) is 6.28. The Morgan fingerprint density at radius 1 is 1.32 bits per heavy atom. The Bertz CT molecular complexity index is 724. The number of aliphatic hydroxyl groups is 1. The molecule has 0 saturated carbocycles. The van der Waals surface area contributed by atoms with E-state index >= 15 is 0 Å². The Kier molecular flexibility index (Phi) is 5.04. The van der Waals surface area contributed by atoms with Crippen molar-refractivity contribution in [3.63, 3.8) is 0 Å². The van der Waals surface area contributed by atoms with Crippen LogP contribution in [-0.2, 0) is 18.3 Å². The number of anilines is 1. The summed E-state index contributed by atoms with van der Waals surface area (Å²) in [5.74, 6) is 0. The van der Waals surface area contributed by atoms with Crippen molar-refractivity contribution in [2.24, 2.45) is 0 Å². The number of halogens is 3. The van der Waals surface area contributed by atoms with Gasteiger partial charge in [-0.25, -0.2) is 4.98 Å². The van der Waals surface area contributed by atoms with Crippen LogP contribution >= 0.6 is 11.3 Å². The molecule has 2 N–H and O–H groups in total. The SMILES string of the molecule is CNc1nc(CN2CCC(O)(c3cccc(C(F)(F)F)c3)CC2)cs1. The van der Waals surface area contributed by atoms with Gasteiger partial charge in [-0.05, 0) is 30.5 Å². The third kappa shape index (κ3) is 4.13. The molecule has 1 saturated heterocycles. The fourth-order valence-electron chi connectivity index (χ4n) is 3.08. The molecule has 8 heteroatoms. The third-order valence-corrected chi connectivity index (χ3v) is 5.47. The van der Waals surface area contributed by atoms with Crippen molar-refractivity contribution in [2.75, 3.05) is 25.5 Å². The summed E-state index contributed by atoms with van der Waals surface area (Å²) in [5, 5.41) is 16.7. The molecule has 0 aliphatic carbocycles. The summed E-state index contributed by atoms with van der Waals surface area (Å²) in [4.78, 5) is 6.60. The van der Waals surface area contributed by atoms with E-state index in [0.29, 0.717) is 38.0 Å². The van der Waals surface area contributed by atoms with E-state index in [4.69, 9.17) is 0 Å². The minimum Gasteiger partial charge on any atom is -0.385 e. The molecular weight excluding hydrogens is 351 g/mol. The van der Waals surface area contributed by atoms with Crippen molar-refractivity contribution in [3.05, 3.63) is 46.5 Å². The van der Waals surface area contributed by atoms with Crippen LogP contribution in [0.15, 0.2) is 29.6 Å². The average Bonchev–Trinajstić information content (AvgIpc) is 3.04. The Morgan fingerprint density at radius 3 is 2.64 bits per heavy atom. The van der Waals surface area contributed by atoms with Gasteiger partial charge in [0.1, 0.15) is 0 Å². The molecule has 1 fully saturated rings. The molecule has 0 bridgehead atoms. The maximum atomic E-state index is 12.9. The molecule has 0 radical (unpaired) electrons. The lowest BCUT2D eigenvalue weighted by atomic mass is 9.83. The number of nitrogens with zero attached hydrogens (tertiary/aromatic N) is 2. The Labute approximate surface area is 148 Å². The lowest BCUT2D eigenvalue weighted by Crippen LogP contribution is -2.42. The van der Waals surface area contributed by atoms with Crippen molar-refractivity contribution in [2.45, 2.75) is 31.2 Å². The first-order valence-electron chi connectivity index (χ1n) is 8.05. The molecule has 2 heterocycles. The van der Waals surface area contributed by atoms with Gasteiger partial charge in [0.15, 0.2) is 5.13 Å². The molecule has 25 heavy (non-hydrogen) atoms. The standard InChI is InChI=1S/C17H20F3N3OS/c1-21-15-22-14(11-25-15)10-23-7-5-16(24,6-8-23)12-3-2-4-13(9-12)17(18,19)20/h2-4,9,11,24H,5-8,10H2,1H3,(H,21,22). The first-order valence-corrected chi connectivity index (χ1v) is 8.93. The highest BCUT2D eigenvalue weighted by Gasteiger charge is 2.37. The number of benzene rings is 1. The van der Waals surface area contributed by atoms with Gasteiger partial charge in [-0.1, -0.05) is 12.1 Å². The molecule has 1 aliphatic heterocycles. The fraction of sp³-hybridized carbons (Fsp3) is 0.471. The second-order valence-corrected chi connectivity index (χ2v) is 7.14. The van der Waals surface area contributed by atoms with Crippen LogP contribution in [-0.4, -0.2) is 35.1 Å². The van der Waals surface area contributed by atoms with Crippen LogP contribution in [0.1, 0.15) is 29.7 Å². The second kappa shape index (κ2) is 6.93. The predicted molar refractivity (Wildman–Crippen MR) is 91.5 cm³/mol. The molecule has 4 nitrogen and oxygen atoms in total. The van der Waals surface area contributed by atoms with Gasteiger partial charge in [0, 0.05) is 32.1 Å². The van der Waals surface area contributed by atoms with E-state index in [-0.39, 0.29) is 0 Å². The highest BCUT2D eigenvalue weighted by Crippen LogP contribution is 2.37. The number of rotatable bonds is 4. The zero-order chi connectivity index (χ0) is 18.1. The molecule has 1 aromatic heterocycles. The van der Waals surface area contributed by atoms with E-state index < -0.39 is 17.3 Å². The Morgan fingerprint density at radius 2 is 2.04 bits per heavy atom. The molecule has 0 atom stereocenters. The number of piperidine rings is 1. The van der Waals surface area contributed by atoms with E-state index in [9.17, 15) is 18.3 Å². The predicted octanol–water partition coefficient (Wildman–Crippen LogP) is 3.69. The van der Waals surface area contributed by atoms with Crippen LogP contribution in [0.25, 0.3) is 0 Å². The summed E-state index contributed by atoms with van der Waals surface area (Å²) in [6, 6.07) is 5.03. The number of likely N-dealkylation sites (tertiary alicyclic amines) is 1. The van der Waals surface area contributed by atoms with Gasteiger partial charge in [0.2, 0.25) is 0 Å². The highest BCUT2D eigenvalue weighted by atomic mass is 32.1. The van der Waals surface area contributed by atoms with Crippen molar-refractivity contribution < 1.29 is 18.3 Å². The summed E-state index contributed by atoms with van der Waals surface area (Å²) < 4.78 is 38.7. The molecule has 1 aromatic carbocycles. The molecule has 0 spiro atoms. The topological polar surface area (TPSA) is 48.4 Å². The van der Waals surface area contributed by atoms with Crippen molar-refractivity contribution in [1.29, 1.82) is 0 Å². The largest absolute Gasteiger partial charge is 0.416 e. The van der Waals surface area contributed by atoms with Gasteiger partial charge in [0.05, 0.1) is 16.9 Å². The van der Waals surface area contributed by atoms with Crippen molar-refractivity contribution >= 4 is 16.5 Å². The summed E-state index contributed by atoms with van der Waals surface area (Å²) in [7, 11) is 1.82. The number of hydrogen-bond acceptors (Lipinski definition) is 5. The molecule has 0 unspecified atom stereocenters. The zero-order valence-electron chi connectivity index (χ0n) is 13.8. The summed E-state index contributed by atoms with van der Waals surface area (Å²) in [5.41, 5.74) is -0.634. The Hall–Kier alpha value is -1.64. The lowest BCUT2D eigenvalue weighted by Gasteiger charge is -2.38. The normalized spacial score (nSPS) is 18.3. The van der Waals surface area contributed by atoms with Crippen LogP contribution in [0, 0.1) is 0 Å². The van der Waals surface area contributed by atoms with Crippen molar-refractivity contribution in [1.82, 2.24) is 9.88 Å². The quantitative estimate of drug-likeness (QED) is 0.861. The summed E-state index contributed by atoms with van der Waals surface area (Å²) in [6.07, 6.45) is -3.60. The molecule has 136 valence electrons. The molecule has 1 aliphatic rings. The van der Waals surface area contributed by atoms with Crippen LogP contribution in [0.3, 0.4) is 0 Å². The number of aromatic nitrogens is 1.